The third-order valence-electron chi connectivity index (χ3n) is 7.29. The Labute approximate surface area is 258 Å². The Hall–Kier alpha value is -4.66. The molecule has 2 aromatic heterocycles. The molecule has 5 aromatic rings. The maximum atomic E-state index is 13.0. The fraction of sp³-hybridized carbons (Fsp3) is 0.118. The van der Waals surface area contributed by atoms with E-state index in [4.69, 9.17) is 21.1 Å². The molecule has 1 aliphatic carbocycles. The van der Waals surface area contributed by atoms with Crippen LogP contribution in [0.25, 0.3) is 22.3 Å². The lowest BCUT2D eigenvalue weighted by atomic mass is 9.98. The molecular weight excluding hydrogens is 582 g/mol. The minimum atomic E-state index is -0.545. The van der Waals surface area contributed by atoms with Crippen molar-refractivity contribution in [1.82, 2.24) is 15.3 Å². The zero-order valence-corrected chi connectivity index (χ0v) is 24.7. The van der Waals surface area contributed by atoms with Crippen molar-refractivity contribution in [3.05, 3.63) is 125 Å². The van der Waals surface area contributed by atoms with Crippen molar-refractivity contribution in [2.75, 3.05) is 13.7 Å². The predicted octanol–water partition coefficient (Wildman–Crippen LogP) is 7.81. The predicted molar refractivity (Wildman–Crippen MR) is 167 cm³/mol. The molecule has 0 fully saturated rings. The minimum Gasteiger partial charge on any atom is -0.481 e. The number of aldehydes is 1. The number of alkyl carbamates (subject to hydrolysis) is 1. The average Bonchev–Trinajstić information content (AvgIpc) is 3.37. The van der Waals surface area contributed by atoms with Crippen LogP contribution in [0.3, 0.4) is 0 Å². The summed E-state index contributed by atoms with van der Waals surface area (Å²) in [4.78, 5) is 33.9. The minimum absolute atomic E-state index is 0.0466. The molecule has 7 nitrogen and oxygen atoms in total. The second-order valence-corrected chi connectivity index (χ2v) is 11.2. The van der Waals surface area contributed by atoms with Gasteiger partial charge in [0.15, 0.2) is 6.29 Å². The number of ether oxygens (including phenoxy) is 2. The number of nitrogens with zero attached hydrogens (tertiary/aromatic N) is 2. The van der Waals surface area contributed by atoms with Gasteiger partial charge < -0.3 is 14.8 Å². The zero-order valence-electron chi connectivity index (χ0n) is 23.1. The van der Waals surface area contributed by atoms with E-state index in [1.165, 1.54) is 11.8 Å². The molecule has 0 saturated carbocycles. The molecule has 0 aliphatic heterocycles. The van der Waals surface area contributed by atoms with Gasteiger partial charge in [0.25, 0.3) is 0 Å². The van der Waals surface area contributed by atoms with E-state index in [1.54, 1.807) is 31.6 Å². The highest BCUT2D eigenvalue weighted by molar-refractivity contribution is 7.99. The van der Waals surface area contributed by atoms with Crippen LogP contribution in [0.15, 0.2) is 107 Å². The largest absolute Gasteiger partial charge is 0.481 e. The molecule has 9 heteroatoms. The topological polar surface area (TPSA) is 90.4 Å². The highest BCUT2D eigenvalue weighted by Gasteiger charge is 2.29. The lowest BCUT2D eigenvalue weighted by molar-refractivity contribution is 0.112. The molecule has 0 bridgehead atoms. The molecule has 43 heavy (non-hydrogen) atoms. The number of carbonyl (C=O) groups excluding carboxylic acids is 2. The Kier molecular flexibility index (Phi) is 8.40. The summed E-state index contributed by atoms with van der Waals surface area (Å²) in [6.45, 7) is 0.341. The summed E-state index contributed by atoms with van der Waals surface area (Å²) in [6, 6.07) is 27.2. The van der Waals surface area contributed by atoms with E-state index < -0.39 is 6.09 Å². The van der Waals surface area contributed by atoms with E-state index in [0.717, 1.165) is 45.2 Å². The number of rotatable bonds is 9. The number of amides is 1. The quantitative estimate of drug-likeness (QED) is 0.171. The molecule has 1 amide bonds. The molecule has 0 unspecified atom stereocenters. The number of hydrogen-bond acceptors (Lipinski definition) is 7. The van der Waals surface area contributed by atoms with Crippen molar-refractivity contribution in [3.63, 3.8) is 0 Å². The maximum Gasteiger partial charge on any atom is 0.407 e. The van der Waals surface area contributed by atoms with Gasteiger partial charge in [-0.15, -0.1) is 0 Å². The van der Waals surface area contributed by atoms with Crippen molar-refractivity contribution >= 4 is 35.7 Å². The fourth-order valence-corrected chi connectivity index (χ4v) is 6.57. The van der Waals surface area contributed by atoms with Gasteiger partial charge in [-0.05, 0) is 69.3 Å². The number of hydrogen-bond donors (Lipinski definition) is 1. The van der Waals surface area contributed by atoms with Gasteiger partial charge in [0.2, 0.25) is 5.88 Å². The van der Waals surface area contributed by atoms with Crippen LogP contribution in [0.4, 0.5) is 4.79 Å². The number of halogens is 1. The van der Waals surface area contributed by atoms with E-state index in [1.807, 2.05) is 48.5 Å². The molecule has 0 spiro atoms. The van der Waals surface area contributed by atoms with Gasteiger partial charge in [0.1, 0.15) is 11.6 Å². The summed E-state index contributed by atoms with van der Waals surface area (Å²) in [6.07, 6.45) is 3.49. The van der Waals surface area contributed by atoms with Crippen LogP contribution in [-0.4, -0.2) is 36.1 Å². The van der Waals surface area contributed by atoms with Gasteiger partial charge in [0.05, 0.1) is 12.1 Å². The number of carbonyl (C=O) groups is 2. The van der Waals surface area contributed by atoms with E-state index in [9.17, 15) is 9.59 Å². The number of fused-ring (bicyclic) bond motifs is 3. The molecule has 0 atom stereocenters. The van der Waals surface area contributed by atoms with Crippen molar-refractivity contribution < 1.29 is 19.1 Å². The smallest absolute Gasteiger partial charge is 0.407 e. The molecule has 2 heterocycles. The molecule has 1 aliphatic rings. The summed E-state index contributed by atoms with van der Waals surface area (Å²) in [5.74, 6) is 0.420. The number of benzene rings is 3. The zero-order chi connectivity index (χ0) is 29.8. The van der Waals surface area contributed by atoms with Crippen LogP contribution in [-0.2, 0) is 11.3 Å². The van der Waals surface area contributed by atoms with E-state index >= 15 is 0 Å². The van der Waals surface area contributed by atoms with Gasteiger partial charge in [0, 0.05) is 41.4 Å². The van der Waals surface area contributed by atoms with Crippen molar-refractivity contribution in [1.29, 1.82) is 0 Å². The first-order chi connectivity index (χ1) is 21.1. The highest BCUT2D eigenvalue weighted by atomic mass is 35.5. The van der Waals surface area contributed by atoms with Crippen molar-refractivity contribution in [2.24, 2.45) is 0 Å². The van der Waals surface area contributed by atoms with Crippen molar-refractivity contribution in [2.45, 2.75) is 22.4 Å². The molecule has 0 saturated heterocycles. The Morgan fingerprint density at radius 2 is 1.67 bits per heavy atom. The number of methoxy groups -OCH3 is 1. The Morgan fingerprint density at radius 1 is 0.930 bits per heavy atom. The van der Waals surface area contributed by atoms with Crippen LogP contribution in [0.1, 0.15) is 33.0 Å². The van der Waals surface area contributed by atoms with Gasteiger partial charge in [-0.25, -0.2) is 14.8 Å². The van der Waals surface area contributed by atoms with Crippen LogP contribution in [0, 0.1) is 0 Å². The molecule has 3 aromatic carbocycles. The molecule has 214 valence electrons. The average molecular weight is 608 g/mol. The molecule has 6 rings (SSSR count). The molecule has 0 radical (unpaired) electrons. The van der Waals surface area contributed by atoms with Gasteiger partial charge in [-0.3, -0.25) is 4.79 Å². The Morgan fingerprint density at radius 3 is 2.40 bits per heavy atom. The van der Waals surface area contributed by atoms with Gasteiger partial charge in [-0.1, -0.05) is 71.9 Å². The number of aromatic nitrogens is 2. The molecular formula is C34H26ClN3O4S. The monoisotopic (exact) mass is 607 g/mol. The first-order valence-corrected chi connectivity index (χ1v) is 14.7. The SMILES string of the molecule is COc1cc(-c2cc(Cl)c(Sc3ncccc3C=O)c(CNC(=O)OCC3c4ccccc4-c4ccccc43)c2)ccn1. The maximum absolute atomic E-state index is 13.0. The highest BCUT2D eigenvalue weighted by Crippen LogP contribution is 2.44. The second-order valence-electron chi connectivity index (χ2n) is 9.83. The fourth-order valence-electron chi connectivity index (χ4n) is 5.26. The van der Waals surface area contributed by atoms with Crippen LogP contribution in [0.5, 0.6) is 5.88 Å². The number of pyridine rings is 2. The van der Waals surface area contributed by atoms with Crippen molar-refractivity contribution in [3.8, 4) is 28.1 Å². The summed E-state index contributed by atoms with van der Waals surface area (Å²) in [5.41, 5.74) is 7.46. The van der Waals surface area contributed by atoms with E-state index in [-0.39, 0.29) is 19.1 Å². The third-order valence-corrected chi connectivity index (χ3v) is 8.92. The van der Waals surface area contributed by atoms with Crippen LogP contribution < -0.4 is 10.1 Å². The summed E-state index contributed by atoms with van der Waals surface area (Å²) in [7, 11) is 1.56. The third kappa shape index (κ3) is 5.98. The summed E-state index contributed by atoms with van der Waals surface area (Å²) in [5, 5.41) is 3.86. The van der Waals surface area contributed by atoms with Crippen LogP contribution in [0.2, 0.25) is 5.02 Å². The van der Waals surface area contributed by atoms with Crippen LogP contribution >= 0.6 is 23.4 Å². The lowest BCUT2D eigenvalue weighted by Crippen LogP contribution is -2.26. The second kappa shape index (κ2) is 12.7. The Bertz CT molecular complexity index is 1780. The standard InChI is InChI=1S/C34H26ClN3O4S/c1-41-31-17-21(12-14-36-31)23-15-24(32(30(35)16-23)43-33-22(19-39)7-6-13-37-33)18-38-34(40)42-20-29-27-10-4-2-8-25(27)26-9-3-5-11-28(26)29/h2-17,19,29H,18,20H2,1H3,(H,38,40). The van der Waals surface area contributed by atoms with E-state index in [0.29, 0.717) is 26.4 Å². The number of nitrogens with one attached hydrogen (secondary N) is 1. The molecule has 1 N–H and O–H groups in total. The Balaban J connectivity index is 1.24. The normalized spacial score (nSPS) is 11.9. The first-order valence-electron chi connectivity index (χ1n) is 13.6. The van der Waals surface area contributed by atoms with E-state index in [2.05, 4.69) is 39.6 Å². The summed E-state index contributed by atoms with van der Waals surface area (Å²) < 4.78 is 11.1. The lowest BCUT2D eigenvalue weighted by Gasteiger charge is -2.17. The summed E-state index contributed by atoms with van der Waals surface area (Å²) >= 11 is 8.10. The van der Waals surface area contributed by atoms with Gasteiger partial charge >= 0.3 is 6.09 Å². The first kappa shape index (κ1) is 28.5. The van der Waals surface area contributed by atoms with Gasteiger partial charge in [-0.2, -0.15) is 0 Å².